The number of nitrogens with one attached hydrogen (secondary N) is 1. The van der Waals surface area contributed by atoms with Gasteiger partial charge in [-0.05, 0) is 19.8 Å². The van der Waals surface area contributed by atoms with E-state index in [1.165, 1.54) is 6.42 Å². The molecule has 1 heterocycles. The van der Waals surface area contributed by atoms with Crippen molar-refractivity contribution in [3.8, 4) is 0 Å². The first-order valence-corrected chi connectivity index (χ1v) is 6.98. The van der Waals surface area contributed by atoms with Gasteiger partial charge in [0.1, 0.15) is 0 Å². The highest BCUT2D eigenvalue weighted by atomic mass is 32.1. The summed E-state index contributed by atoms with van der Waals surface area (Å²) in [5, 5.41) is 15.8. The molecular formula is C12H20N2OS. The van der Waals surface area contributed by atoms with Gasteiger partial charge in [0.05, 0.1) is 16.8 Å². The Hall–Kier alpha value is -0.450. The minimum atomic E-state index is -0.484. The molecule has 90 valence electrons. The maximum atomic E-state index is 10.3. The van der Waals surface area contributed by atoms with E-state index >= 15 is 0 Å². The Kier molecular flexibility index (Phi) is 3.95. The van der Waals surface area contributed by atoms with Crippen LogP contribution in [0.15, 0.2) is 10.9 Å². The average molecular weight is 240 g/mol. The lowest BCUT2D eigenvalue weighted by Crippen LogP contribution is -2.42. The molecule has 0 bridgehead atoms. The van der Waals surface area contributed by atoms with E-state index in [4.69, 9.17) is 0 Å². The van der Waals surface area contributed by atoms with Crippen LogP contribution in [0.4, 0.5) is 0 Å². The molecule has 1 aromatic rings. The zero-order valence-corrected chi connectivity index (χ0v) is 10.6. The molecule has 2 rings (SSSR count). The second kappa shape index (κ2) is 5.25. The molecule has 1 unspecified atom stereocenters. The largest absolute Gasteiger partial charge is 0.389 e. The van der Waals surface area contributed by atoms with E-state index in [-0.39, 0.29) is 6.04 Å². The van der Waals surface area contributed by atoms with E-state index in [0.717, 1.165) is 31.4 Å². The van der Waals surface area contributed by atoms with Gasteiger partial charge in [-0.2, -0.15) is 0 Å². The summed E-state index contributed by atoms with van der Waals surface area (Å²) in [5.74, 6) is 0. The summed E-state index contributed by atoms with van der Waals surface area (Å²) in [5.41, 5.74) is 2.44. The molecule has 1 aliphatic carbocycles. The first kappa shape index (κ1) is 12.0. The molecule has 0 saturated heterocycles. The summed E-state index contributed by atoms with van der Waals surface area (Å²) in [7, 11) is 0. The minimum absolute atomic E-state index is 0.234. The van der Waals surface area contributed by atoms with Gasteiger partial charge >= 0.3 is 0 Å². The normalized spacial score (nSPS) is 21.9. The number of hydrogen-bond acceptors (Lipinski definition) is 4. The maximum absolute atomic E-state index is 10.3. The van der Waals surface area contributed by atoms with Gasteiger partial charge in [0, 0.05) is 18.0 Å². The highest BCUT2D eigenvalue weighted by Crippen LogP contribution is 2.28. The van der Waals surface area contributed by atoms with E-state index in [9.17, 15) is 5.11 Å². The quantitative estimate of drug-likeness (QED) is 0.850. The summed E-state index contributed by atoms with van der Waals surface area (Å²) in [6, 6.07) is 0.234. The molecule has 1 aliphatic rings. The van der Waals surface area contributed by atoms with Crippen LogP contribution in [0.5, 0.6) is 0 Å². The Labute approximate surface area is 101 Å². The van der Waals surface area contributed by atoms with Crippen LogP contribution in [0, 0.1) is 0 Å². The fraction of sp³-hybridized carbons (Fsp3) is 0.750. The van der Waals surface area contributed by atoms with Crippen LogP contribution in [0.25, 0.3) is 0 Å². The van der Waals surface area contributed by atoms with Gasteiger partial charge in [0.15, 0.2) is 0 Å². The van der Waals surface area contributed by atoms with Crippen molar-refractivity contribution in [1.29, 1.82) is 0 Å². The third-order valence-corrected chi connectivity index (χ3v) is 4.02. The molecule has 0 aliphatic heterocycles. The monoisotopic (exact) mass is 240 g/mol. The first-order chi connectivity index (χ1) is 7.70. The Balaban J connectivity index is 1.82. The van der Waals surface area contributed by atoms with Crippen molar-refractivity contribution in [2.24, 2.45) is 0 Å². The van der Waals surface area contributed by atoms with Crippen molar-refractivity contribution in [1.82, 2.24) is 10.3 Å². The predicted octanol–water partition coefficient (Wildman–Crippen LogP) is 2.49. The van der Waals surface area contributed by atoms with Crippen LogP contribution < -0.4 is 5.32 Å². The van der Waals surface area contributed by atoms with Gasteiger partial charge < -0.3 is 10.4 Å². The van der Waals surface area contributed by atoms with Gasteiger partial charge in [0.2, 0.25) is 0 Å². The van der Waals surface area contributed by atoms with Gasteiger partial charge in [-0.3, -0.25) is 0 Å². The van der Waals surface area contributed by atoms with Crippen molar-refractivity contribution in [3.05, 3.63) is 16.6 Å². The molecule has 3 nitrogen and oxygen atoms in total. The number of rotatable bonds is 4. The standard InChI is InChI=1S/C12H20N2OS/c1-10(11-7-16-9-14-11)13-8-12(15)5-3-2-4-6-12/h7,9-10,13,15H,2-6,8H2,1H3. The summed E-state index contributed by atoms with van der Waals surface area (Å²) < 4.78 is 0. The molecular weight excluding hydrogens is 220 g/mol. The first-order valence-electron chi connectivity index (χ1n) is 6.03. The van der Waals surface area contributed by atoms with Gasteiger partial charge in [0.25, 0.3) is 0 Å². The van der Waals surface area contributed by atoms with E-state index in [1.807, 2.05) is 5.51 Å². The van der Waals surface area contributed by atoms with Crippen LogP contribution in [0.3, 0.4) is 0 Å². The topological polar surface area (TPSA) is 45.1 Å². The number of thiazole rings is 1. The van der Waals surface area contributed by atoms with Crippen molar-refractivity contribution in [3.63, 3.8) is 0 Å². The summed E-state index contributed by atoms with van der Waals surface area (Å²) in [6.45, 7) is 2.78. The summed E-state index contributed by atoms with van der Waals surface area (Å²) in [4.78, 5) is 4.28. The fourth-order valence-electron chi connectivity index (χ4n) is 2.27. The van der Waals surface area contributed by atoms with E-state index in [2.05, 4.69) is 22.6 Å². The number of nitrogens with zero attached hydrogens (tertiary/aromatic N) is 1. The van der Waals surface area contributed by atoms with Crippen molar-refractivity contribution in [2.45, 2.75) is 50.7 Å². The Bertz CT molecular complexity index is 307. The molecule has 0 amide bonds. The zero-order chi connectivity index (χ0) is 11.4. The number of aliphatic hydroxyl groups is 1. The van der Waals surface area contributed by atoms with Gasteiger partial charge in [-0.25, -0.2) is 4.98 Å². The highest BCUT2D eigenvalue weighted by Gasteiger charge is 2.29. The van der Waals surface area contributed by atoms with Crippen LogP contribution in [0.1, 0.15) is 50.8 Å². The number of aromatic nitrogens is 1. The second-order valence-electron chi connectivity index (χ2n) is 4.80. The lowest BCUT2D eigenvalue weighted by Gasteiger charge is -2.33. The Morgan fingerprint density at radius 1 is 1.50 bits per heavy atom. The average Bonchev–Trinajstić information content (AvgIpc) is 2.80. The molecule has 1 fully saturated rings. The van der Waals surface area contributed by atoms with E-state index in [0.29, 0.717) is 6.54 Å². The Morgan fingerprint density at radius 2 is 2.25 bits per heavy atom. The summed E-state index contributed by atoms with van der Waals surface area (Å²) >= 11 is 1.61. The highest BCUT2D eigenvalue weighted by molar-refractivity contribution is 7.07. The van der Waals surface area contributed by atoms with Crippen LogP contribution in [-0.4, -0.2) is 22.2 Å². The van der Waals surface area contributed by atoms with E-state index in [1.54, 1.807) is 11.3 Å². The minimum Gasteiger partial charge on any atom is -0.389 e. The van der Waals surface area contributed by atoms with Crippen molar-refractivity contribution < 1.29 is 5.11 Å². The molecule has 1 saturated carbocycles. The SMILES string of the molecule is CC(NCC1(O)CCCCC1)c1cscn1. The molecule has 0 radical (unpaired) electrons. The van der Waals surface area contributed by atoms with Gasteiger partial charge in [-0.1, -0.05) is 19.3 Å². The Morgan fingerprint density at radius 3 is 2.88 bits per heavy atom. The molecule has 0 spiro atoms. The molecule has 1 atom stereocenters. The fourth-order valence-corrected chi connectivity index (χ4v) is 2.92. The molecule has 0 aromatic carbocycles. The van der Waals surface area contributed by atoms with Crippen molar-refractivity contribution in [2.75, 3.05) is 6.54 Å². The molecule has 2 N–H and O–H groups in total. The number of hydrogen-bond donors (Lipinski definition) is 2. The second-order valence-corrected chi connectivity index (χ2v) is 5.52. The molecule has 4 heteroatoms. The third kappa shape index (κ3) is 3.03. The van der Waals surface area contributed by atoms with E-state index < -0.39 is 5.60 Å². The van der Waals surface area contributed by atoms with Crippen LogP contribution >= 0.6 is 11.3 Å². The smallest absolute Gasteiger partial charge is 0.0795 e. The third-order valence-electron chi connectivity index (χ3n) is 3.42. The predicted molar refractivity (Wildman–Crippen MR) is 66.6 cm³/mol. The zero-order valence-electron chi connectivity index (χ0n) is 9.78. The van der Waals surface area contributed by atoms with Crippen molar-refractivity contribution >= 4 is 11.3 Å². The molecule has 16 heavy (non-hydrogen) atoms. The lowest BCUT2D eigenvalue weighted by molar-refractivity contribution is 0.00293. The molecule has 1 aromatic heterocycles. The van der Waals surface area contributed by atoms with Crippen LogP contribution in [0.2, 0.25) is 0 Å². The lowest BCUT2D eigenvalue weighted by atomic mass is 9.85. The summed E-state index contributed by atoms with van der Waals surface area (Å²) in [6.07, 6.45) is 5.45. The maximum Gasteiger partial charge on any atom is 0.0795 e. The van der Waals surface area contributed by atoms with Crippen LogP contribution in [-0.2, 0) is 0 Å². The van der Waals surface area contributed by atoms with Gasteiger partial charge in [-0.15, -0.1) is 11.3 Å².